The summed E-state index contributed by atoms with van der Waals surface area (Å²) < 4.78 is 82.7. The molecule has 6 nitrogen and oxygen atoms in total. The Balaban J connectivity index is 1.10. The highest BCUT2D eigenvalue weighted by atomic mass is 19.2. The van der Waals surface area contributed by atoms with Crippen molar-refractivity contribution < 1.29 is 41.3 Å². The average Bonchev–Trinajstić information content (AvgIpc) is 3.39. The number of rotatable bonds is 9. The van der Waals surface area contributed by atoms with E-state index in [1.807, 2.05) is 54.6 Å². The van der Waals surface area contributed by atoms with Gasteiger partial charge in [-0.2, -0.15) is 0 Å². The summed E-state index contributed by atoms with van der Waals surface area (Å²) in [5, 5.41) is 11.9. The van der Waals surface area contributed by atoms with Crippen LogP contribution in [0.1, 0.15) is 91.5 Å². The van der Waals surface area contributed by atoms with Crippen molar-refractivity contribution in [1.82, 2.24) is 10.2 Å². The zero-order valence-electron chi connectivity index (χ0n) is 29.9. The maximum Gasteiger partial charge on any atom is 0.257 e. The number of ether oxygens (including phenoxy) is 2. The maximum absolute atomic E-state index is 14.2. The van der Waals surface area contributed by atoms with Crippen molar-refractivity contribution in [1.29, 1.82) is 0 Å². The molecule has 2 bridgehead atoms. The Morgan fingerprint density at radius 2 is 1.47 bits per heavy atom. The number of fused-ring (bicyclic) bond motifs is 2. The summed E-state index contributed by atoms with van der Waals surface area (Å²) in [6.07, 6.45) is 3.21. The summed E-state index contributed by atoms with van der Waals surface area (Å²) in [4.78, 5) is 15.2. The molecule has 1 amide bonds. The van der Waals surface area contributed by atoms with Crippen LogP contribution in [0.4, 0.5) is 22.0 Å². The van der Waals surface area contributed by atoms with E-state index in [2.05, 4.69) is 31.0 Å². The monoisotopic (exact) mass is 734 g/mol. The summed E-state index contributed by atoms with van der Waals surface area (Å²) in [5.74, 6) is -12.5. The molecule has 280 valence electrons. The second-order valence-corrected chi connectivity index (χ2v) is 15.9. The van der Waals surface area contributed by atoms with Crippen LogP contribution in [-0.4, -0.2) is 41.1 Å². The van der Waals surface area contributed by atoms with Gasteiger partial charge in [0.2, 0.25) is 5.82 Å². The maximum atomic E-state index is 14.2. The minimum absolute atomic E-state index is 0.0443. The quantitative estimate of drug-likeness (QED) is 0.102. The molecule has 2 saturated heterocycles. The molecule has 4 aromatic carbocycles. The van der Waals surface area contributed by atoms with E-state index in [0.717, 1.165) is 47.3 Å². The predicted octanol–water partition coefficient (Wildman–Crippen LogP) is 8.92. The first-order valence-corrected chi connectivity index (χ1v) is 18.0. The molecule has 2 unspecified atom stereocenters. The minimum atomic E-state index is -2.33. The highest BCUT2D eigenvalue weighted by Gasteiger charge is 2.50. The molecule has 1 saturated carbocycles. The molecular weight excluding hydrogens is 691 g/mol. The van der Waals surface area contributed by atoms with Gasteiger partial charge in [-0.25, -0.2) is 22.0 Å². The van der Waals surface area contributed by atoms with Gasteiger partial charge in [0.15, 0.2) is 29.6 Å². The molecule has 53 heavy (non-hydrogen) atoms. The lowest BCUT2D eigenvalue weighted by molar-refractivity contribution is -0.253. The number of halogens is 5. The van der Waals surface area contributed by atoms with Crippen LogP contribution in [0.5, 0.6) is 0 Å². The Morgan fingerprint density at radius 3 is 2.17 bits per heavy atom. The van der Waals surface area contributed by atoms with Crippen LogP contribution in [0.25, 0.3) is 11.1 Å². The number of nitrogens with zero attached hydrogens (tertiary/aromatic N) is 1. The largest absolute Gasteiger partial charge is 0.392 e. The highest BCUT2D eigenvalue weighted by Crippen LogP contribution is 2.53. The van der Waals surface area contributed by atoms with Crippen LogP contribution in [0.3, 0.4) is 0 Å². The van der Waals surface area contributed by atoms with Crippen LogP contribution in [0, 0.1) is 39.9 Å². The summed E-state index contributed by atoms with van der Waals surface area (Å²) in [7, 11) is 0. The molecule has 0 aromatic heterocycles. The number of likely N-dealkylation sites (tertiary alicyclic amines) is 1. The SMILES string of the molecule is CC1(C)CC2CC(C)(CN2C[C@@H]2C[C@H](c3ccc(CO)cc3)O[C@H](c3cccc(-c4cccc(CNC(=O)c5c(F)c(F)c(F)c(F)c5F)c4)c3)O2)C1. The normalized spacial score (nSPS) is 25.4. The van der Waals surface area contributed by atoms with E-state index >= 15 is 0 Å². The van der Waals surface area contributed by atoms with E-state index in [4.69, 9.17) is 9.47 Å². The molecule has 3 fully saturated rings. The number of carbonyl (C=O) groups is 1. The van der Waals surface area contributed by atoms with Gasteiger partial charge in [-0.15, -0.1) is 0 Å². The van der Waals surface area contributed by atoms with Crippen LogP contribution in [0.15, 0.2) is 72.8 Å². The minimum Gasteiger partial charge on any atom is -0.392 e. The fraction of sp³-hybridized carbons (Fsp3) is 0.405. The van der Waals surface area contributed by atoms with Gasteiger partial charge in [0, 0.05) is 37.7 Å². The van der Waals surface area contributed by atoms with E-state index < -0.39 is 46.8 Å². The first kappa shape index (κ1) is 37.2. The van der Waals surface area contributed by atoms with Gasteiger partial charge >= 0.3 is 0 Å². The number of aliphatic hydroxyl groups is 1. The van der Waals surface area contributed by atoms with Gasteiger partial charge < -0.3 is 19.9 Å². The third kappa shape index (κ3) is 7.76. The highest BCUT2D eigenvalue weighted by molar-refractivity contribution is 5.94. The summed E-state index contributed by atoms with van der Waals surface area (Å²) in [6, 6.07) is 23.1. The number of carbonyl (C=O) groups excluding carboxylic acids is 1. The first-order chi connectivity index (χ1) is 25.2. The van der Waals surface area contributed by atoms with Crippen molar-refractivity contribution in [3.63, 3.8) is 0 Å². The van der Waals surface area contributed by atoms with Crippen molar-refractivity contribution >= 4 is 5.91 Å². The van der Waals surface area contributed by atoms with Gasteiger partial charge in [0.1, 0.15) is 5.56 Å². The molecular formula is C42H43F5N2O4. The smallest absolute Gasteiger partial charge is 0.257 e. The molecule has 1 aliphatic carbocycles. The first-order valence-electron chi connectivity index (χ1n) is 18.0. The number of hydrogen-bond acceptors (Lipinski definition) is 5. The van der Waals surface area contributed by atoms with Gasteiger partial charge in [-0.05, 0) is 70.0 Å². The molecule has 0 spiro atoms. The van der Waals surface area contributed by atoms with Crippen molar-refractivity contribution in [2.24, 2.45) is 10.8 Å². The number of nitrogens with one attached hydrogen (secondary N) is 1. The lowest BCUT2D eigenvalue weighted by Gasteiger charge is -2.41. The van der Waals surface area contributed by atoms with Crippen molar-refractivity contribution in [3.05, 3.63) is 130 Å². The van der Waals surface area contributed by atoms with Gasteiger partial charge in [0.25, 0.3) is 5.91 Å². The average molecular weight is 735 g/mol. The Morgan fingerprint density at radius 1 is 0.811 bits per heavy atom. The summed E-state index contributed by atoms with van der Waals surface area (Å²) in [6.45, 7) is 8.70. The zero-order chi connectivity index (χ0) is 37.7. The molecule has 2 heterocycles. The topological polar surface area (TPSA) is 71.0 Å². The molecule has 0 radical (unpaired) electrons. The Labute approximate surface area is 305 Å². The van der Waals surface area contributed by atoms with Gasteiger partial charge in [-0.1, -0.05) is 81.4 Å². The number of amides is 1. The van der Waals surface area contributed by atoms with Crippen molar-refractivity contribution in [3.8, 4) is 11.1 Å². The lowest BCUT2D eigenvalue weighted by atomic mass is 9.65. The van der Waals surface area contributed by atoms with Gasteiger partial charge in [0.05, 0.1) is 18.8 Å². The van der Waals surface area contributed by atoms with E-state index in [0.29, 0.717) is 23.4 Å². The summed E-state index contributed by atoms with van der Waals surface area (Å²) in [5.41, 5.74) is 3.79. The third-order valence-corrected chi connectivity index (χ3v) is 10.9. The molecule has 2 aliphatic heterocycles. The zero-order valence-corrected chi connectivity index (χ0v) is 29.9. The van der Waals surface area contributed by atoms with E-state index in [1.54, 1.807) is 18.2 Å². The predicted molar refractivity (Wildman–Crippen MR) is 189 cm³/mol. The number of benzene rings is 4. The number of hydrogen-bond donors (Lipinski definition) is 2. The van der Waals surface area contributed by atoms with Gasteiger partial charge in [-0.3, -0.25) is 9.69 Å². The van der Waals surface area contributed by atoms with E-state index in [-0.39, 0.29) is 30.8 Å². The van der Waals surface area contributed by atoms with Crippen LogP contribution >= 0.6 is 0 Å². The Hall–Kier alpha value is -4.16. The molecule has 3 aliphatic rings. The number of aliphatic hydroxyl groups excluding tert-OH is 1. The van der Waals surface area contributed by atoms with Crippen molar-refractivity contribution in [2.75, 3.05) is 13.1 Å². The molecule has 11 heteroatoms. The summed E-state index contributed by atoms with van der Waals surface area (Å²) >= 11 is 0. The molecule has 2 N–H and O–H groups in total. The second-order valence-electron chi connectivity index (χ2n) is 15.9. The fourth-order valence-corrected chi connectivity index (χ4v) is 8.89. The lowest BCUT2D eigenvalue weighted by Crippen LogP contribution is -2.42. The fourth-order valence-electron chi connectivity index (χ4n) is 8.89. The van der Waals surface area contributed by atoms with Crippen LogP contribution in [0.2, 0.25) is 0 Å². The molecule has 5 atom stereocenters. The van der Waals surface area contributed by atoms with Crippen LogP contribution in [-0.2, 0) is 22.6 Å². The molecule has 7 rings (SSSR count). The molecule has 4 aromatic rings. The van der Waals surface area contributed by atoms with E-state index in [1.165, 1.54) is 12.8 Å². The second kappa shape index (κ2) is 14.6. The third-order valence-electron chi connectivity index (χ3n) is 10.9. The standard InChI is InChI=1S/C42H43F5N2O4/c1-41(2)17-30-18-42(3,22-41)23-49(30)20-31-16-32(26-12-10-24(21-50)11-13-26)53-40(52-31)29-9-5-8-28(15-29)27-7-4-6-25(14-27)19-48-39(51)33-34(43)36(45)38(47)37(46)35(33)44/h4-15,30-32,40,50H,16-23H2,1-3H3,(H,48,51)/t30?,31-,32+,40+,42?/m0/s1. The Kier molecular flexibility index (Phi) is 10.2. The van der Waals surface area contributed by atoms with E-state index in [9.17, 15) is 31.9 Å². The Bertz CT molecular complexity index is 1980. The van der Waals surface area contributed by atoms with Crippen molar-refractivity contribution in [2.45, 2.75) is 84.1 Å². The van der Waals surface area contributed by atoms with Crippen LogP contribution < -0.4 is 5.32 Å².